The second-order valence-corrected chi connectivity index (χ2v) is 6.51. The summed E-state index contributed by atoms with van der Waals surface area (Å²) in [4.78, 5) is 25.5. The van der Waals surface area contributed by atoms with Crippen molar-refractivity contribution in [2.45, 2.75) is 19.8 Å². The molecular formula is C21H26N2O3. The van der Waals surface area contributed by atoms with Gasteiger partial charge in [-0.15, -0.1) is 0 Å². The molecule has 0 saturated carbocycles. The Hall–Kier alpha value is -2.66. The molecule has 0 bridgehead atoms. The first-order valence-electron chi connectivity index (χ1n) is 8.79. The monoisotopic (exact) mass is 354 g/mol. The fraction of sp³-hybridized carbons (Fsp3) is 0.333. The molecule has 0 saturated heterocycles. The van der Waals surface area contributed by atoms with Crippen molar-refractivity contribution in [1.82, 2.24) is 4.90 Å². The van der Waals surface area contributed by atoms with Crippen molar-refractivity contribution in [1.29, 1.82) is 0 Å². The van der Waals surface area contributed by atoms with Gasteiger partial charge in [0, 0.05) is 13.1 Å². The average molecular weight is 354 g/mol. The number of benzene rings is 2. The largest absolute Gasteiger partial charge is 0.480 e. The van der Waals surface area contributed by atoms with E-state index in [-0.39, 0.29) is 19.0 Å². The van der Waals surface area contributed by atoms with Crippen molar-refractivity contribution in [2.75, 3.05) is 19.6 Å². The number of amides is 1. The predicted molar refractivity (Wildman–Crippen MR) is 102 cm³/mol. The summed E-state index contributed by atoms with van der Waals surface area (Å²) >= 11 is 0. The Bertz CT molecular complexity index is 714. The molecule has 2 aromatic rings. The minimum Gasteiger partial charge on any atom is -0.480 e. The van der Waals surface area contributed by atoms with E-state index in [1.807, 2.05) is 61.5 Å². The molecule has 0 fully saturated rings. The molecule has 0 aliphatic carbocycles. The Morgan fingerprint density at radius 3 is 2.27 bits per heavy atom. The number of carboxylic acids is 1. The molecule has 1 amide bonds. The molecule has 0 radical (unpaired) electrons. The van der Waals surface area contributed by atoms with E-state index in [2.05, 4.69) is 0 Å². The van der Waals surface area contributed by atoms with E-state index < -0.39 is 11.9 Å². The van der Waals surface area contributed by atoms with Crippen molar-refractivity contribution in [3.63, 3.8) is 0 Å². The van der Waals surface area contributed by atoms with Gasteiger partial charge >= 0.3 is 5.97 Å². The molecule has 0 spiro atoms. The van der Waals surface area contributed by atoms with Gasteiger partial charge in [-0.2, -0.15) is 0 Å². The van der Waals surface area contributed by atoms with Crippen LogP contribution >= 0.6 is 0 Å². The molecule has 1 unspecified atom stereocenters. The summed E-state index contributed by atoms with van der Waals surface area (Å²) in [5, 5.41) is 9.18. The zero-order valence-electron chi connectivity index (χ0n) is 15.1. The van der Waals surface area contributed by atoms with Crippen LogP contribution in [-0.2, 0) is 22.4 Å². The molecule has 3 N–H and O–H groups in total. The van der Waals surface area contributed by atoms with E-state index in [1.165, 1.54) is 4.90 Å². The van der Waals surface area contributed by atoms with Gasteiger partial charge in [0.15, 0.2) is 0 Å². The van der Waals surface area contributed by atoms with E-state index >= 15 is 0 Å². The molecule has 0 aromatic heterocycles. The summed E-state index contributed by atoms with van der Waals surface area (Å²) in [5.74, 6) is -1.64. The smallest absolute Gasteiger partial charge is 0.323 e. The van der Waals surface area contributed by atoms with Crippen molar-refractivity contribution < 1.29 is 14.7 Å². The number of aliphatic carboxylic acids is 1. The standard InChI is InChI=1S/C21H26N2O3/c1-16-7-9-18(10-8-16)13-19(14-22)21(26)23(15-20(24)25)12-11-17-5-3-2-4-6-17/h2-10,19H,11-15,22H2,1H3,(H,24,25). The van der Waals surface area contributed by atoms with Crippen LogP contribution in [0.4, 0.5) is 0 Å². The number of rotatable bonds is 9. The first-order valence-corrected chi connectivity index (χ1v) is 8.79. The van der Waals surface area contributed by atoms with Crippen LogP contribution in [0.15, 0.2) is 54.6 Å². The summed E-state index contributed by atoms with van der Waals surface area (Å²) in [6, 6.07) is 17.7. The van der Waals surface area contributed by atoms with Gasteiger partial charge < -0.3 is 15.7 Å². The van der Waals surface area contributed by atoms with Crippen LogP contribution in [0.1, 0.15) is 16.7 Å². The van der Waals surface area contributed by atoms with Gasteiger partial charge in [0.05, 0.1) is 5.92 Å². The molecule has 26 heavy (non-hydrogen) atoms. The maximum atomic E-state index is 12.9. The molecule has 2 rings (SSSR count). The zero-order valence-corrected chi connectivity index (χ0v) is 15.1. The van der Waals surface area contributed by atoms with Crippen molar-refractivity contribution >= 4 is 11.9 Å². The Balaban J connectivity index is 2.06. The highest BCUT2D eigenvalue weighted by Crippen LogP contribution is 2.13. The van der Waals surface area contributed by atoms with Crippen molar-refractivity contribution in [3.05, 3.63) is 71.3 Å². The maximum Gasteiger partial charge on any atom is 0.323 e. The van der Waals surface area contributed by atoms with Crippen LogP contribution in [0.5, 0.6) is 0 Å². The van der Waals surface area contributed by atoms with Crippen LogP contribution in [0.25, 0.3) is 0 Å². The molecule has 1 atom stereocenters. The lowest BCUT2D eigenvalue weighted by atomic mass is 9.97. The van der Waals surface area contributed by atoms with Gasteiger partial charge in [-0.1, -0.05) is 60.2 Å². The number of aryl methyl sites for hydroxylation is 1. The molecule has 2 aromatic carbocycles. The third-order valence-electron chi connectivity index (χ3n) is 4.39. The number of carbonyl (C=O) groups is 2. The number of nitrogens with zero attached hydrogens (tertiary/aromatic N) is 1. The molecule has 0 heterocycles. The second-order valence-electron chi connectivity index (χ2n) is 6.51. The van der Waals surface area contributed by atoms with Crippen molar-refractivity contribution in [3.8, 4) is 0 Å². The van der Waals surface area contributed by atoms with E-state index in [0.717, 1.165) is 16.7 Å². The summed E-state index contributed by atoms with van der Waals surface area (Å²) in [6.45, 7) is 2.25. The quantitative estimate of drug-likeness (QED) is 0.723. The summed E-state index contributed by atoms with van der Waals surface area (Å²) in [6.07, 6.45) is 1.12. The molecular weight excluding hydrogens is 328 g/mol. The molecule has 0 aliphatic heterocycles. The van der Waals surface area contributed by atoms with Gasteiger partial charge in [0.2, 0.25) is 5.91 Å². The Morgan fingerprint density at radius 1 is 1.04 bits per heavy atom. The fourth-order valence-electron chi connectivity index (χ4n) is 2.88. The van der Waals surface area contributed by atoms with Gasteiger partial charge in [-0.25, -0.2) is 0 Å². The van der Waals surface area contributed by atoms with Crippen LogP contribution < -0.4 is 5.73 Å². The maximum absolute atomic E-state index is 12.9. The van der Waals surface area contributed by atoms with Gasteiger partial charge in [0.25, 0.3) is 0 Å². The van der Waals surface area contributed by atoms with Gasteiger partial charge in [-0.3, -0.25) is 9.59 Å². The normalized spacial score (nSPS) is 11.8. The first-order chi connectivity index (χ1) is 12.5. The Morgan fingerprint density at radius 2 is 1.69 bits per heavy atom. The van der Waals surface area contributed by atoms with Crippen LogP contribution in [-0.4, -0.2) is 41.5 Å². The second kappa shape index (κ2) is 9.73. The number of hydrogen-bond acceptors (Lipinski definition) is 3. The van der Waals surface area contributed by atoms with Crippen LogP contribution in [0, 0.1) is 12.8 Å². The van der Waals surface area contributed by atoms with Crippen LogP contribution in [0.3, 0.4) is 0 Å². The summed E-state index contributed by atoms with van der Waals surface area (Å²) in [7, 11) is 0. The molecule has 0 aliphatic rings. The molecule has 138 valence electrons. The Kier molecular flexibility index (Phi) is 7.36. The van der Waals surface area contributed by atoms with E-state index in [0.29, 0.717) is 19.4 Å². The van der Waals surface area contributed by atoms with Gasteiger partial charge in [0.1, 0.15) is 6.54 Å². The highest BCUT2D eigenvalue weighted by molar-refractivity contribution is 5.83. The third-order valence-corrected chi connectivity index (χ3v) is 4.39. The molecule has 5 nitrogen and oxygen atoms in total. The minimum absolute atomic E-state index is 0.189. The zero-order chi connectivity index (χ0) is 18.9. The van der Waals surface area contributed by atoms with Crippen LogP contribution in [0.2, 0.25) is 0 Å². The lowest BCUT2D eigenvalue weighted by Crippen LogP contribution is -2.43. The average Bonchev–Trinajstić information content (AvgIpc) is 2.64. The first kappa shape index (κ1) is 19.7. The third kappa shape index (κ3) is 6.01. The highest BCUT2D eigenvalue weighted by Gasteiger charge is 2.25. The fourth-order valence-corrected chi connectivity index (χ4v) is 2.88. The van der Waals surface area contributed by atoms with Crippen molar-refractivity contribution in [2.24, 2.45) is 11.7 Å². The summed E-state index contributed by atoms with van der Waals surface area (Å²) < 4.78 is 0. The number of carboxylic acid groups (broad SMARTS) is 1. The topological polar surface area (TPSA) is 83.6 Å². The predicted octanol–water partition coefficient (Wildman–Crippen LogP) is 2.27. The van der Waals surface area contributed by atoms with E-state index in [9.17, 15) is 14.7 Å². The number of nitrogens with two attached hydrogens (primary N) is 1. The number of hydrogen-bond donors (Lipinski definition) is 2. The lowest BCUT2D eigenvalue weighted by molar-refractivity contribution is -0.146. The van der Waals surface area contributed by atoms with E-state index in [4.69, 9.17) is 5.73 Å². The minimum atomic E-state index is -1.02. The summed E-state index contributed by atoms with van der Waals surface area (Å²) in [5.41, 5.74) is 9.08. The van der Waals surface area contributed by atoms with Gasteiger partial charge in [-0.05, 0) is 30.9 Å². The lowest BCUT2D eigenvalue weighted by Gasteiger charge is -2.25. The Labute approximate surface area is 154 Å². The SMILES string of the molecule is Cc1ccc(CC(CN)C(=O)N(CCc2ccccc2)CC(=O)O)cc1. The number of carbonyl (C=O) groups excluding carboxylic acids is 1. The van der Waals surface area contributed by atoms with E-state index in [1.54, 1.807) is 0 Å². The molecule has 5 heteroatoms. The highest BCUT2D eigenvalue weighted by atomic mass is 16.4.